The monoisotopic (exact) mass is 206 g/mol. The summed E-state index contributed by atoms with van der Waals surface area (Å²) in [7, 11) is 0. The fourth-order valence-electron chi connectivity index (χ4n) is 1.70. The molecule has 0 saturated carbocycles. The molecular weight excluding hydrogens is 193 g/mol. The SMILES string of the molecule is CC(C#N)N1CCC(C(F)(F)F)CC1. The van der Waals surface area contributed by atoms with Crippen molar-refractivity contribution >= 4 is 0 Å². The fraction of sp³-hybridized carbons (Fsp3) is 0.889. The molecule has 1 rings (SSSR count). The number of hydrogen-bond acceptors (Lipinski definition) is 2. The lowest BCUT2D eigenvalue weighted by atomic mass is 9.95. The largest absolute Gasteiger partial charge is 0.391 e. The van der Waals surface area contributed by atoms with E-state index >= 15 is 0 Å². The molecule has 0 aromatic carbocycles. The van der Waals surface area contributed by atoms with Crippen molar-refractivity contribution in [3.05, 3.63) is 0 Å². The summed E-state index contributed by atoms with van der Waals surface area (Å²) in [6, 6.07) is 1.76. The molecule has 1 unspecified atom stereocenters. The first-order valence-corrected chi connectivity index (χ1v) is 4.65. The van der Waals surface area contributed by atoms with E-state index in [4.69, 9.17) is 5.26 Å². The van der Waals surface area contributed by atoms with Crippen molar-refractivity contribution in [1.82, 2.24) is 4.90 Å². The lowest BCUT2D eigenvalue weighted by molar-refractivity contribution is -0.185. The molecule has 0 aromatic rings. The van der Waals surface area contributed by atoms with Gasteiger partial charge in [0.2, 0.25) is 0 Å². The number of nitrogens with zero attached hydrogens (tertiary/aromatic N) is 2. The molecule has 2 nitrogen and oxygen atoms in total. The van der Waals surface area contributed by atoms with E-state index in [0.29, 0.717) is 13.1 Å². The Morgan fingerprint density at radius 2 is 1.86 bits per heavy atom. The van der Waals surface area contributed by atoms with Crippen LogP contribution in [0.1, 0.15) is 19.8 Å². The van der Waals surface area contributed by atoms with Gasteiger partial charge < -0.3 is 0 Å². The highest BCUT2D eigenvalue weighted by Crippen LogP contribution is 2.34. The lowest BCUT2D eigenvalue weighted by Crippen LogP contribution is -2.42. The highest BCUT2D eigenvalue weighted by atomic mass is 19.4. The summed E-state index contributed by atoms with van der Waals surface area (Å²) >= 11 is 0. The summed E-state index contributed by atoms with van der Waals surface area (Å²) in [4.78, 5) is 1.79. The highest BCUT2D eigenvalue weighted by molar-refractivity contribution is 4.90. The van der Waals surface area contributed by atoms with Crippen LogP contribution in [0.5, 0.6) is 0 Å². The third-order valence-electron chi connectivity index (χ3n) is 2.73. The van der Waals surface area contributed by atoms with Crippen LogP contribution in [0.25, 0.3) is 0 Å². The number of likely N-dealkylation sites (tertiary alicyclic amines) is 1. The second-order valence-corrected chi connectivity index (χ2v) is 3.66. The van der Waals surface area contributed by atoms with Crippen molar-refractivity contribution < 1.29 is 13.2 Å². The maximum absolute atomic E-state index is 12.3. The van der Waals surface area contributed by atoms with Crippen LogP contribution in [0.2, 0.25) is 0 Å². The molecule has 0 N–H and O–H groups in total. The molecule has 0 spiro atoms. The van der Waals surface area contributed by atoms with Crippen molar-refractivity contribution in [2.75, 3.05) is 13.1 Å². The number of rotatable bonds is 1. The molecule has 5 heteroatoms. The van der Waals surface area contributed by atoms with Gasteiger partial charge in [0.1, 0.15) is 0 Å². The average molecular weight is 206 g/mol. The number of halogens is 3. The molecule has 0 bridgehead atoms. The number of nitriles is 1. The molecule has 0 aromatic heterocycles. The van der Waals surface area contributed by atoms with Crippen LogP contribution in [0.4, 0.5) is 13.2 Å². The van der Waals surface area contributed by atoms with Crippen molar-refractivity contribution in [2.45, 2.75) is 32.0 Å². The summed E-state index contributed by atoms with van der Waals surface area (Å²) in [5.74, 6) is -1.18. The quantitative estimate of drug-likeness (QED) is 0.657. The second kappa shape index (κ2) is 4.18. The minimum Gasteiger partial charge on any atom is -0.288 e. The van der Waals surface area contributed by atoms with Gasteiger partial charge in [0, 0.05) is 0 Å². The van der Waals surface area contributed by atoms with E-state index in [1.807, 2.05) is 6.07 Å². The maximum Gasteiger partial charge on any atom is 0.391 e. The Bertz CT molecular complexity index is 223. The Balaban J connectivity index is 2.43. The molecule has 1 fully saturated rings. The summed E-state index contributed by atoms with van der Waals surface area (Å²) in [6.45, 7) is 2.46. The second-order valence-electron chi connectivity index (χ2n) is 3.66. The number of piperidine rings is 1. The molecule has 80 valence electrons. The first kappa shape index (κ1) is 11.3. The standard InChI is InChI=1S/C9H13F3N2/c1-7(6-13)14-4-2-8(3-5-14)9(10,11)12/h7-8H,2-5H2,1H3. The average Bonchev–Trinajstić information content (AvgIpc) is 2.15. The van der Waals surface area contributed by atoms with Gasteiger partial charge in [-0.1, -0.05) is 0 Å². The first-order chi connectivity index (χ1) is 6.45. The van der Waals surface area contributed by atoms with Crippen molar-refractivity contribution in [3.63, 3.8) is 0 Å². The lowest BCUT2D eigenvalue weighted by Gasteiger charge is -2.34. The Kier molecular flexibility index (Phi) is 3.38. The van der Waals surface area contributed by atoms with Gasteiger partial charge in [-0.3, -0.25) is 4.90 Å². The highest BCUT2D eigenvalue weighted by Gasteiger charge is 2.41. The van der Waals surface area contributed by atoms with E-state index in [0.717, 1.165) is 0 Å². The topological polar surface area (TPSA) is 27.0 Å². The number of hydrogen-bond donors (Lipinski definition) is 0. The van der Waals surface area contributed by atoms with Gasteiger partial charge in [0.15, 0.2) is 0 Å². The Hall–Kier alpha value is -0.760. The van der Waals surface area contributed by atoms with E-state index in [9.17, 15) is 13.2 Å². The van der Waals surface area contributed by atoms with Crippen LogP contribution in [0, 0.1) is 17.2 Å². The molecule has 1 heterocycles. The molecule has 1 aliphatic heterocycles. The summed E-state index contributed by atoms with van der Waals surface area (Å²) in [5.41, 5.74) is 0. The van der Waals surface area contributed by atoms with Crippen LogP contribution in [0.15, 0.2) is 0 Å². The zero-order valence-electron chi connectivity index (χ0n) is 8.01. The molecule has 0 amide bonds. The predicted molar refractivity (Wildman–Crippen MR) is 45.4 cm³/mol. The van der Waals surface area contributed by atoms with Crippen molar-refractivity contribution in [1.29, 1.82) is 5.26 Å². The fourth-order valence-corrected chi connectivity index (χ4v) is 1.70. The van der Waals surface area contributed by atoms with E-state index in [1.54, 1.807) is 11.8 Å². The summed E-state index contributed by atoms with van der Waals surface area (Å²) in [6.07, 6.45) is -3.83. The van der Waals surface area contributed by atoms with E-state index in [1.165, 1.54) is 0 Å². The molecular formula is C9H13F3N2. The van der Waals surface area contributed by atoms with Gasteiger partial charge >= 0.3 is 6.18 Å². The minimum atomic E-state index is -4.07. The molecule has 1 aliphatic rings. The van der Waals surface area contributed by atoms with Crippen LogP contribution >= 0.6 is 0 Å². The van der Waals surface area contributed by atoms with Crippen molar-refractivity contribution in [2.24, 2.45) is 5.92 Å². The van der Waals surface area contributed by atoms with Gasteiger partial charge in [0.25, 0.3) is 0 Å². The van der Waals surface area contributed by atoms with Gasteiger partial charge in [-0.2, -0.15) is 18.4 Å². The normalized spacial score (nSPS) is 23.1. The zero-order chi connectivity index (χ0) is 10.8. The van der Waals surface area contributed by atoms with Gasteiger partial charge in [-0.15, -0.1) is 0 Å². The first-order valence-electron chi connectivity index (χ1n) is 4.65. The Morgan fingerprint density at radius 1 is 1.36 bits per heavy atom. The minimum absolute atomic E-state index is 0.121. The van der Waals surface area contributed by atoms with Gasteiger partial charge in [-0.25, -0.2) is 0 Å². The smallest absolute Gasteiger partial charge is 0.288 e. The van der Waals surface area contributed by atoms with Crippen LogP contribution < -0.4 is 0 Å². The third-order valence-corrected chi connectivity index (χ3v) is 2.73. The zero-order valence-corrected chi connectivity index (χ0v) is 8.01. The van der Waals surface area contributed by atoms with Crippen LogP contribution in [0.3, 0.4) is 0 Å². The van der Waals surface area contributed by atoms with E-state index in [2.05, 4.69) is 0 Å². The summed E-state index contributed by atoms with van der Waals surface area (Å²) in [5, 5.41) is 8.60. The number of alkyl halides is 3. The maximum atomic E-state index is 12.3. The third kappa shape index (κ3) is 2.61. The molecule has 14 heavy (non-hydrogen) atoms. The Labute approximate surface area is 81.3 Å². The van der Waals surface area contributed by atoms with E-state index < -0.39 is 12.1 Å². The van der Waals surface area contributed by atoms with E-state index in [-0.39, 0.29) is 18.9 Å². The molecule has 0 aliphatic carbocycles. The van der Waals surface area contributed by atoms with Gasteiger partial charge in [-0.05, 0) is 32.9 Å². The van der Waals surface area contributed by atoms with Gasteiger partial charge in [0.05, 0.1) is 18.0 Å². The molecule has 0 radical (unpaired) electrons. The summed E-state index contributed by atoms with van der Waals surface area (Å²) < 4.78 is 36.8. The van der Waals surface area contributed by atoms with Crippen LogP contribution in [-0.2, 0) is 0 Å². The molecule has 1 atom stereocenters. The van der Waals surface area contributed by atoms with Crippen molar-refractivity contribution in [3.8, 4) is 6.07 Å². The van der Waals surface area contributed by atoms with Crippen LogP contribution in [-0.4, -0.2) is 30.2 Å². The predicted octanol–water partition coefficient (Wildman–Crippen LogP) is 2.17. The molecule has 1 saturated heterocycles. The Morgan fingerprint density at radius 3 is 2.21 bits per heavy atom.